The van der Waals surface area contributed by atoms with Gasteiger partial charge in [0.2, 0.25) is 0 Å². The summed E-state index contributed by atoms with van der Waals surface area (Å²) in [6.07, 6.45) is 1.48. The zero-order valence-electron chi connectivity index (χ0n) is 12.3. The zero-order chi connectivity index (χ0) is 16.9. The van der Waals surface area contributed by atoms with E-state index in [1.807, 2.05) is 30.3 Å². The van der Waals surface area contributed by atoms with Crippen molar-refractivity contribution in [1.29, 1.82) is 0 Å². The number of hydrogen-bond donors (Lipinski definition) is 2. The van der Waals surface area contributed by atoms with Crippen LogP contribution in [0.15, 0.2) is 59.7 Å². The molecule has 1 aromatic heterocycles. The lowest BCUT2D eigenvalue weighted by atomic mass is 10.1. The summed E-state index contributed by atoms with van der Waals surface area (Å²) in [5.41, 5.74) is 5.08. The molecule has 0 spiro atoms. The van der Waals surface area contributed by atoms with E-state index in [2.05, 4.69) is 20.7 Å². The highest BCUT2D eigenvalue weighted by molar-refractivity contribution is 6.42. The number of carbonyl (C=O) groups is 1. The van der Waals surface area contributed by atoms with Crippen LogP contribution in [-0.4, -0.2) is 22.3 Å². The van der Waals surface area contributed by atoms with Gasteiger partial charge in [0.05, 0.1) is 22.0 Å². The van der Waals surface area contributed by atoms with Gasteiger partial charge < -0.3 is 0 Å². The van der Waals surface area contributed by atoms with Crippen molar-refractivity contribution in [3.05, 3.63) is 75.9 Å². The fourth-order valence-electron chi connectivity index (χ4n) is 2.01. The summed E-state index contributed by atoms with van der Waals surface area (Å²) in [7, 11) is 0. The molecule has 0 aliphatic carbocycles. The maximum absolute atomic E-state index is 12.1. The van der Waals surface area contributed by atoms with Crippen molar-refractivity contribution in [1.82, 2.24) is 15.6 Å². The zero-order valence-corrected chi connectivity index (χ0v) is 13.8. The van der Waals surface area contributed by atoms with Gasteiger partial charge in [-0.25, -0.2) is 5.43 Å². The normalized spacial score (nSPS) is 10.9. The minimum absolute atomic E-state index is 0.320. The molecule has 2 aromatic carbocycles. The number of amides is 1. The molecule has 1 amide bonds. The van der Waals surface area contributed by atoms with Crippen molar-refractivity contribution >= 4 is 35.3 Å². The summed E-state index contributed by atoms with van der Waals surface area (Å²) in [6.45, 7) is 0. The first-order valence-corrected chi connectivity index (χ1v) is 7.78. The maximum atomic E-state index is 12.1. The standard InChI is InChI=1S/C17H12Cl2N4O/c18-13-7-6-11(8-14(13)19)10-20-23-17(24)16-9-15(21-22-16)12-4-2-1-3-5-12/h1-10H,(H,21,22)(H,23,24)/b20-10-. The third-order valence-electron chi connectivity index (χ3n) is 3.22. The molecule has 2 N–H and O–H groups in total. The molecule has 24 heavy (non-hydrogen) atoms. The van der Waals surface area contributed by atoms with Crippen LogP contribution in [0.4, 0.5) is 0 Å². The Bertz CT molecular complexity index is 891. The summed E-state index contributed by atoms with van der Waals surface area (Å²) >= 11 is 11.8. The van der Waals surface area contributed by atoms with Gasteiger partial charge in [-0.05, 0) is 23.8 Å². The highest BCUT2D eigenvalue weighted by atomic mass is 35.5. The molecule has 0 saturated heterocycles. The summed E-state index contributed by atoms with van der Waals surface area (Å²) in [5, 5.41) is 11.6. The number of benzene rings is 2. The van der Waals surface area contributed by atoms with Crippen LogP contribution in [0.1, 0.15) is 16.1 Å². The number of halogens is 2. The fourth-order valence-corrected chi connectivity index (χ4v) is 2.32. The third kappa shape index (κ3) is 3.82. The molecule has 0 unspecified atom stereocenters. The summed E-state index contributed by atoms with van der Waals surface area (Å²) in [4.78, 5) is 12.1. The van der Waals surface area contributed by atoms with E-state index < -0.39 is 0 Å². The van der Waals surface area contributed by atoms with Crippen molar-refractivity contribution in [2.24, 2.45) is 5.10 Å². The second-order valence-electron chi connectivity index (χ2n) is 4.91. The molecule has 120 valence electrons. The van der Waals surface area contributed by atoms with Gasteiger partial charge in [0, 0.05) is 5.56 Å². The van der Waals surface area contributed by atoms with Gasteiger partial charge in [-0.3, -0.25) is 9.89 Å². The Morgan fingerprint density at radius 2 is 1.88 bits per heavy atom. The average molecular weight is 359 g/mol. The van der Waals surface area contributed by atoms with Crippen LogP contribution in [-0.2, 0) is 0 Å². The SMILES string of the molecule is O=C(N/N=C\c1ccc(Cl)c(Cl)c1)c1cc(-c2ccccc2)n[nH]1. The Morgan fingerprint density at radius 1 is 1.08 bits per heavy atom. The van der Waals surface area contributed by atoms with Crippen LogP contribution in [0.3, 0.4) is 0 Å². The Morgan fingerprint density at radius 3 is 2.62 bits per heavy atom. The van der Waals surface area contributed by atoms with Gasteiger partial charge in [-0.1, -0.05) is 59.6 Å². The molecule has 0 aliphatic heterocycles. The van der Waals surface area contributed by atoms with Gasteiger partial charge in [-0.15, -0.1) is 0 Å². The molecule has 7 heteroatoms. The number of carbonyl (C=O) groups excluding carboxylic acids is 1. The van der Waals surface area contributed by atoms with Gasteiger partial charge in [-0.2, -0.15) is 10.2 Å². The number of H-pyrrole nitrogens is 1. The first kappa shape index (κ1) is 16.2. The summed E-state index contributed by atoms with van der Waals surface area (Å²) in [6, 6.07) is 16.3. The first-order chi connectivity index (χ1) is 11.6. The number of nitrogens with one attached hydrogen (secondary N) is 2. The van der Waals surface area contributed by atoms with Gasteiger partial charge in [0.1, 0.15) is 5.69 Å². The molecular weight excluding hydrogens is 347 g/mol. The lowest BCUT2D eigenvalue weighted by Gasteiger charge is -1.98. The van der Waals surface area contributed by atoms with E-state index in [9.17, 15) is 4.79 Å². The van der Waals surface area contributed by atoms with Crippen molar-refractivity contribution < 1.29 is 4.79 Å². The Kier molecular flexibility index (Phi) is 4.93. The molecule has 0 saturated carbocycles. The third-order valence-corrected chi connectivity index (χ3v) is 3.95. The van der Waals surface area contributed by atoms with E-state index >= 15 is 0 Å². The molecule has 0 aliphatic rings. The van der Waals surface area contributed by atoms with Crippen LogP contribution in [0.5, 0.6) is 0 Å². The largest absolute Gasteiger partial charge is 0.289 e. The fraction of sp³-hybridized carbons (Fsp3) is 0. The summed E-state index contributed by atoms with van der Waals surface area (Å²) < 4.78 is 0. The quantitative estimate of drug-likeness (QED) is 0.543. The average Bonchev–Trinajstić information content (AvgIpc) is 3.09. The molecule has 0 atom stereocenters. The number of nitrogens with zero attached hydrogens (tertiary/aromatic N) is 2. The predicted molar refractivity (Wildman–Crippen MR) is 95.5 cm³/mol. The second-order valence-corrected chi connectivity index (χ2v) is 5.72. The van der Waals surface area contributed by atoms with Crippen molar-refractivity contribution in [2.75, 3.05) is 0 Å². The van der Waals surface area contributed by atoms with E-state index in [-0.39, 0.29) is 5.91 Å². The van der Waals surface area contributed by atoms with Crippen molar-refractivity contribution in [3.8, 4) is 11.3 Å². The minimum atomic E-state index is -0.388. The minimum Gasteiger partial charge on any atom is -0.272 e. The Labute approximate surface area is 148 Å². The maximum Gasteiger partial charge on any atom is 0.289 e. The van der Waals surface area contributed by atoms with Crippen LogP contribution in [0.25, 0.3) is 11.3 Å². The lowest BCUT2D eigenvalue weighted by Crippen LogP contribution is -2.17. The predicted octanol–water partition coefficient (Wildman–Crippen LogP) is 4.15. The van der Waals surface area contributed by atoms with Crippen LogP contribution >= 0.6 is 23.2 Å². The number of hydrogen-bond acceptors (Lipinski definition) is 3. The highest BCUT2D eigenvalue weighted by Gasteiger charge is 2.10. The van der Waals surface area contributed by atoms with Gasteiger partial charge in [0.25, 0.3) is 5.91 Å². The second kappa shape index (κ2) is 7.29. The molecule has 3 rings (SSSR count). The van der Waals surface area contributed by atoms with Gasteiger partial charge in [0.15, 0.2) is 0 Å². The molecular formula is C17H12Cl2N4O. The summed E-state index contributed by atoms with van der Waals surface area (Å²) in [5.74, 6) is -0.388. The van der Waals surface area contributed by atoms with Crippen molar-refractivity contribution in [3.63, 3.8) is 0 Å². The topological polar surface area (TPSA) is 70.1 Å². The Balaban J connectivity index is 1.66. The van der Waals surface area contributed by atoms with E-state index in [0.717, 1.165) is 11.1 Å². The molecule has 0 bridgehead atoms. The van der Waals surface area contributed by atoms with Crippen molar-refractivity contribution in [2.45, 2.75) is 0 Å². The number of aromatic nitrogens is 2. The first-order valence-electron chi connectivity index (χ1n) is 7.03. The van der Waals surface area contributed by atoms with E-state index in [1.165, 1.54) is 6.21 Å². The highest BCUT2D eigenvalue weighted by Crippen LogP contribution is 2.21. The van der Waals surface area contributed by atoms with Gasteiger partial charge >= 0.3 is 0 Å². The van der Waals surface area contributed by atoms with Crippen LogP contribution in [0.2, 0.25) is 10.0 Å². The smallest absolute Gasteiger partial charge is 0.272 e. The molecule has 1 heterocycles. The number of aromatic amines is 1. The lowest BCUT2D eigenvalue weighted by molar-refractivity contribution is 0.0950. The molecule has 5 nitrogen and oxygen atoms in total. The number of rotatable bonds is 4. The Hall–Kier alpha value is -2.63. The number of hydrazone groups is 1. The molecule has 0 radical (unpaired) electrons. The molecule has 0 fully saturated rings. The van der Waals surface area contributed by atoms with Crippen LogP contribution in [0, 0.1) is 0 Å². The van der Waals surface area contributed by atoms with Crippen LogP contribution < -0.4 is 5.43 Å². The molecule has 3 aromatic rings. The van der Waals surface area contributed by atoms with E-state index in [0.29, 0.717) is 21.4 Å². The monoisotopic (exact) mass is 358 g/mol. The van der Waals surface area contributed by atoms with E-state index in [1.54, 1.807) is 24.3 Å². The van der Waals surface area contributed by atoms with E-state index in [4.69, 9.17) is 23.2 Å².